The Kier molecular flexibility index (Phi) is 5.94. The standard InChI is InChI=1S/C17H22FN5O3S/c1-23(9-8-19)27(24,25)20-11-12-2-5-14(6-3-12)21-17-22-15-7-4-13(18)10-16(15)26-17/h4,7,10,12,14,20H,2-3,5-6,9,11H2,1H3,(H,21,22). The molecule has 0 bridgehead atoms. The van der Waals surface area contributed by atoms with Gasteiger partial charge in [-0.25, -0.2) is 9.11 Å². The van der Waals surface area contributed by atoms with Crippen molar-refractivity contribution in [3.63, 3.8) is 0 Å². The molecular weight excluding hydrogens is 373 g/mol. The highest BCUT2D eigenvalue weighted by Crippen LogP contribution is 2.27. The van der Waals surface area contributed by atoms with E-state index in [9.17, 15) is 12.8 Å². The van der Waals surface area contributed by atoms with Crippen molar-refractivity contribution >= 4 is 27.3 Å². The summed E-state index contributed by atoms with van der Waals surface area (Å²) in [5.41, 5.74) is 1.01. The minimum Gasteiger partial charge on any atom is -0.423 e. The molecule has 0 amide bonds. The maximum Gasteiger partial charge on any atom is 0.295 e. The van der Waals surface area contributed by atoms with Gasteiger partial charge in [-0.1, -0.05) is 0 Å². The van der Waals surface area contributed by atoms with E-state index in [2.05, 4.69) is 15.0 Å². The normalized spacial score (nSPS) is 20.7. The molecule has 8 nitrogen and oxygen atoms in total. The highest BCUT2D eigenvalue weighted by atomic mass is 32.2. The fourth-order valence-corrected chi connectivity index (χ4v) is 4.06. The Morgan fingerprint density at radius 1 is 1.37 bits per heavy atom. The van der Waals surface area contributed by atoms with Gasteiger partial charge in [0, 0.05) is 25.7 Å². The van der Waals surface area contributed by atoms with Gasteiger partial charge in [0.2, 0.25) is 0 Å². The summed E-state index contributed by atoms with van der Waals surface area (Å²) in [5.74, 6) is -0.125. The average molecular weight is 395 g/mol. The molecule has 2 aromatic rings. The fraction of sp³-hybridized carbons (Fsp3) is 0.529. The van der Waals surface area contributed by atoms with Gasteiger partial charge < -0.3 is 9.73 Å². The summed E-state index contributed by atoms with van der Waals surface area (Å²) in [5, 5.41) is 11.8. The molecule has 1 fully saturated rings. The second-order valence-corrected chi connectivity index (χ2v) is 8.62. The van der Waals surface area contributed by atoms with Crippen LogP contribution < -0.4 is 10.0 Å². The summed E-state index contributed by atoms with van der Waals surface area (Å²) >= 11 is 0. The minimum absolute atomic E-state index is 0.178. The Morgan fingerprint density at radius 3 is 2.81 bits per heavy atom. The summed E-state index contributed by atoms with van der Waals surface area (Å²) < 4.78 is 46.3. The highest BCUT2D eigenvalue weighted by molar-refractivity contribution is 7.87. The molecule has 3 rings (SSSR count). The van der Waals surface area contributed by atoms with Gasteiger partial charge in [0.15, 0.2) is 5.58 Å². The molecule has 1 aliphatic rings. The second kappa shape index (κ2) is 8.21. The first kappa shape index (κ1) is 19.5. The molecule has 0 radical (unpaired) electrons. The first-order valence-electron chi connectivity index (χ1n) is 8.78. The van der Waals surface area contributed by atoms with Crippen molar-refractivity contribution in [3.8, 4) is 6.07 Å². The second-order valence-electron chi connectivity index (χ2n) is 6.76. The van der Waals surface area contributed by atoms with Crippen molar-refractivity contribution in [3.05, 3.63) is 24.0 Å². The van der Waals surface area contributed by atoms with Crippen LogP contribution in [0.15, 0.2) is 22.6 Å². The zero-order valence-electron chi connectivity index (χ0n) is 15.0. The van der Waals surface area contributed by atoms with Crippen LogP contribution in [0.4, 0.5) is 10.4 Å². The third-order valence-corrected chi connectivity index (χ3v) is 6.26. The van der Waals surface area contributed by atoms with Crippen molar-refractivity contribution in [2.24, 2.45) is 5.92 Å². The molecule has 146 valence electrons. The molecule has 1 aliphatic carbocycles. The molecular formula is C17H22FN5O3S. The lowest BCUT2D eigenvalue weighted by Crippen LogP contribution is -2.41. The quantitative estimate of drug-likeness (QED) is 0.696. The molecule has 1 saturated carbocycles. The fourth-order valence-electron chi connectivity index (χ4n) is 3.16. The molecule has 0 atom stereocenters. The Bertz CT molecular complexity index is 932. The maximum absolute atomic E-state index is 13.2. The zero-order chi connectivity index (χ0) is 19.4. The molecule has 0 unspecified atom stereocenters. The first-order chi connectivity index (χ1) is 12.9. The van der Waals surface area contributed by atoms with Crippen LogP contribution in [0.3, 0.4) is 0 Å². The Hall–Kier alpha value is -2.22. The van der Waals surface area contributed by atoms with E-state index in [0.717, 1.165) is 30.0 Å². The van der Waals surface area contributed by atoms with Gasteiger partial charge in [-0.05, 0) is 43.7 Å². The minimum atomic E-state index is -3.61. The van der Waals surface area contributed by atoms with Crippen LogP contribution >= 0.6 is 0 Å². The Morgan fingerprint density at radius 2 is 2.11 bits per heavy atom. The molecule has 1 aromatic heterocycles. The van der Waals surface area contributed by atoms with E-state index in [1.807, 2.05) is 6.07 Å². The van der Waals surface area contributed by atoms with Crippen molar-refractivity contribution < 1.29 is 17.2 Å². The van der Waals surface area contributed by atoms with Gasteiger partial charge in [0.05, 0.1) is 6.07 Å². The number of nitrogens with one attached hydrogen (secondary N) is 2. The smallest absolute Gasteiger partial charge is 0.295 e. The van der Waals surface area contributed by atoms with Crippen LogP contribution in [0, 0.1) is 23.1 Å². The summed E-state index contributed by atoms with van der Waals surface area (Å²) in [6.07, 6.45) is 3.43. The van der Waals surface area contributed by atoms with Crippen LogP contribution in [0.25, 0.3) is 11.1 Å². The topological polar surface area (TPSA) is 111 Å². The van der Waals surface area contributed by atoms with Crippen LogP contribution in [0.1, 0.15) is 25.7 Å². The number of aromatic nitrogens is 1. The van der Waals surface area contributed by atoms with E-state index >= 15 is 0 Å². The van der Waals surface area contributed by atoms with E-state index in [4.69, 9.17) is 9.68 Å². The van der Waals surface area contributed by atoms with E-state index in [-0.39, 0.29) is 24.3 Å². The third kappa shape index (κ3) is 4.94. The third-order valence-electron chi connectivity index (χ3n) is 4.78. The number of nitrogens with zero attached hydrogens (tertiary/aromatic N) is 3. The largest absolute Gasteiger partial charge is 0.423 e. The van der Waals surface area contributed by atoms with E-state index < -0.39 is 10.2 Å². The summed E-state index contributed by atoms with van der Waals surface area (Å²) in [6.45, 7) is 0.174. The van der Waals surface area contributed by atoms with E-state index in [1.54, 1.807) is 6.07 Å². The molecule has 1 heterocycles. The molecule has 0 spiro atoms. The summed E-state index contributed by atoms with van der Waals surface area (Å²) in [7, 11) is -2.24. The lowest BCUT2D eigenvalue weighted by atomic mass is 9.86. The number of nitriles is 1. The van der Waals surface area contributed by atoms with E-state index in [1.165, 1.54) is 19.2 Å². The lowest BCUT2D eigenvalue weighted by molar-refractivity contribution is 0.332. The monoisotopic (exact) mass is 395 g/mol. The first-order valence-corrected chi connectivity index (χ1v) is 10.2. The van der Waals surface area contributed by atoms with Crippen LogP contribution in [-0.4, -0.2) is 43.9 Å². The average Bonchev–Trinajstić information content (AvgIpc) is 3.02. The number of fused-ring (bicyclic) bond motifs is 1. The predicted molar refractivity (Wildman–Crippen MR) is 98.5 cm³/mol. The predicted octanol–water partition coefficient (Wildman–Crippen LogP) is 2.23. The lowest BCUT2D eigenvalue weighted by Gasteiger charge is -2.29. The highest BCUT2D eigenvalue weighted by Gasteiger charge is 2.25. The number of rotatable bonds is 7. The number of halogens is 1. The molecule has 2 N–H and O–H groups in total. The SMILES string of the molecule is CN(CC#N)S(=O)(=O)NCC1CCC(Nc2nc3ccc(F)cc3o2)CC1. The van der Waals surface area contributed by atoms with Crippen LogP contribution in [0.5, 0.6) is 0 Å². The summed E-state index contributed by atoms with van der Waals surface area (Å²) in [4.78, 5) is 4.30. The van der Waals surface area contributed by atoms with E-state index in [0.29, 0.717) is 23.7 Å². The van der Waals surface area contributed by atoms with Crippen molar-refractivity contribution in [2.75, 3.05) is 25.5 Å². The van der Waals surface area contributed by atoms with Gasteiger partial charge >= 0.3 is 0 Å². The summed E-state index contributed by atoms with van der Waals surface area (Å²) in [6, 6.07) is 6.59. The number of hydrogen-bond acceptors (Lipinski definition) is 6. The number of benzene rings is 1. The molecule has 10 heteroatoms. The van der Waals surface area contributed by atoms with Gasteiger partial charge in [0.1, 0.15) is 17.9 Å². The van der Waals surface area contributed by atoms with Gasteiger partial charge in [-0.2, -0.15) is 23.0 Å². The number of anilines is 1. The van der Waals surface area contributed by atoms with Crippen molar-refractivity contribution in [1.82, 2.24) is 14.0 Å². The maximum atomic E-state index is 13.2. The van der Waals surface area contributed by atoms with Gasteiger partial charge in [-0.3, -0.25) is 0 Å². The Labute approximate surface area is 157 Å². The van der Waals surface area contributed by atoms with Crippen molar-refractivity contribution in [1.29, 1.82) is 5.26 Å². The molecule has 0 aliphatic heterocycles. The zero-order valence-corrected chi connectivity index (χ0v) is 15.8. The molecule has 0 saturated heterocycles. The van der Waals surface area contributed by atoms with Gasteiger partial charge in [-0.15, -0.1) is 0 Å². The molecule has 27 heavy (non-hydrogen) atoms. The molecule has 1 aromatic carbocycles. The number of hydrogen-bond donors (Lipinski definition) is 2. The Balaban J connectivity index is 1.48. The van der Waals surface area contributed by atoms with Crippen LogP contribution in [0.2, 0.25) is 0 Å². The van der Waals surface area contributed by atoms with Crippen molar-refractivity contribution in [2.45, 2.75) is 31.7 Å². The van der Waals surface area contributed by atoms with Crippen LogP contribution in [-0.2, 0) is 10.2 Å². The van der Waals surface area contributed by atoms with Gasteiger partial charge in [0.25, 0.3) is 16.2 Å². The number of oxazole rings is 1.